The van der Waals surface area contributed by atoms with E-state index in [4.69, 9.17) is 4.74 Å². The summed E-state index contributed by atoms with van der Waals surface area (Å²) in [6.45, 7) is 6.14. The molecule has 0 unspecified atom stereocenters. The van der Waals surface area contributed by atoms with Crippen LogP contribution in [-0.4, -0.2) is 17.9 Å². The maximum Gasteiger partial charge on any atom is 0.309 e. The van der Waals surface area contributed by atoms with Gasteiger partial charge in [0.05, 0.1) is 11.3 Å². The van der Waals surface area contributed by atoms with Gasteiger partial charge in [-0.05, 0) is 37.7 Å². The number of hydrogen-bond donors (Lipinski definition) is 0. The predicted octanol–water partition coefficient (Wildman–Crippen LogP) is 2.36. The quantitative estimate of drug-likeness (QED) is 0.618. The van der Waals surface area contributed by atoms with Crippen LogP contribution >= 0.6 is 0 Å². The fraction of sp³-hybridized carbons (Fsp3) is 0.733. The molecule has 0 aromatic rings. The number of allylic oxidation sites excluding steroid dienone is 2. The summed E-state index contributed by atoms with van der Waals surface area (Å²) in [4.78, 5) is 24.1. The van der Waals surface area contributed by atoms with E-state index >= 15 is 0 Å². The number of ketones is 1. The first-order valence-corrected chi connectivity index (χ1v) is 6.89. The molecule has 3 rings (SSSR count). The Morgan fingerprint density at radius 2 is 2.00 bits per heavy atom. The topological polar surface area (TPSA) is 43.4 Å². The first kappa shape index (κ1) is 11.9. The summed E-state index contributed by atoms with van der Waals surface area (Å²) in [5.74, 6) is 0.856. The van der Waals surface area contributed by atoms with Gasteiger partial charge >= 0.3 is 5.97 Å². The van der Waals surface area contributed by atoms with E-state index < -0.39 is 5.41 Å². The predicted molar refractivity (Wildman–Crippen MR) is 66.7 cm³/mol. The van der Waals surface area contributed by atoms with Gasteiger partial charge in [0.25, 0.3) is 0 Å². The van der Waals surface area contributed by atoms with Crippen LogP contribution in [0.25, 0.3) is 0 Å². The molecule has 1 saturated carbocycles. The number of fused-ring (bicyclic) bond motifs is 3. The van der Waals surface area contributed by atoms with Crippen LogP contribution in [0.15, 0.2) is 12.2 Å². The molecule has 18 heavy (non-hydrogen) atoms. The zero-order valence-corrected chi connectivity index (χ0v) is 11.2. The fourth-order valence-electron chi connectivity index (χ4n) is 4.21. The lowest BCUT2D eigenvalue weighted by Crippen LogP contribution is -2.45. The molecule has 6 atom stereocenters. The Balaban J connectivity index is 2.06. The summed E-state index contributed by atoms with van der Waals surface area (Å²) in [5.41, 5.74) is -0.527. The third-order valence-corrected chi connectivity index (χ3v) is 5.48. The Morgan fingerprint density at radius 3 is 2.72 bits per heavy atom. The second-order valence-electron chi connectivity index (χ2n) is 6.40. The van der Waals surface area contributed by atoms with Gasteiger partial charge in [0, 0.05) is 5.92 Å². The van der Waals surface area contributed by atoms with Crippen molar-refractivity contribution in [1.82, 2.24) is 0 Å². The third-order valence-electron chi connectivity index (χ3n) is 5.48. The van der Waals surface area contributed by atoms with Crippen LogP contribution in [0.3, 0.4) is 0 Å². The van der Waals surface area contributed by atoms with E-state index in [0.29, 0.717) is 5.92 Å². The van der Waals surface area contributed by atoms with Gasteiger partial charge in [0.15, 0.2) is 5.78 Å². The number of rotatable bonds is 0. The minimum Gasteiger partial charge on any atom is -0.461 e. The largest absolute Gasteiger partial charge is 0.461 e. The zero-order valence-electron chi connectivity index (χ0n) is 11.2. The highest BCUT2D eigenvalue weighted by Crippen LogP contribution is 2.54. The summed E-state index contributed by atoms with van der Waals surface area (Å²) in [5, 5.41) is 0. The van der Waals surface area contributed by atoms with Crippen molar-refractivity contribution < 1.29 is 14.3 Å². The van der Waals surface area contributed by atoms with Crippen LogP contribution in [0.1, 0.15) is 33.6 Å². The first-order valence-electron chi connectivity index (χ1n) is 6.89. The van der Waals surface area contributed by atoms with Crippen molar-refractivity contribution in [2.75, 3.05) is 0 Å². The van der Waals surface area contributed by atoms with Crippen LogP contribution < -0.4 is 0 Å². The van der Waals surface area contributed by atoms with E-state index in [2.05, 4.69) is 6.92 Å². The molecule has 3 heteroatoms. The van der Waals surface area contributed by atoms with Crippen molar-refractivity contribution in [3.05, 3.63) is 12.2 Å². The Morgan fingerprint density at radius 1 is 1.28 bits per heavy atom. The minimum atomic E-state index is -0.527. The van der Waals surface area contributed by atoms with Gasteiger partial charge in [0.2, 0.25) is 0 Å². The molecule has 1 heterocycles. The molecule has 0 aromatic heterocycles. The van der Waals surface area contributed by atoms with Crippen LogP contribution in [-0.2, 0) is 14.3 Å². The first-order chi connectivity index (χ1) is 8.46. The van der Waals surface area contributed by atoms with Crippen molar-refractivity contribution in [2.24, 2.45) is 29.1 Å². The molecule has 0 spiro atoms. The van der Waals surface area contributed by atoms with E-state index in [0.717, 1.165) is 12.8 Å². The van der Waals surface area contributed by atoms with Crippen molar-refractivity contribution in [3.8, 4) is 0 Å². The molecule has 2 aliphatic carbocycles. The summed E-state index contributed by atoms with van der Waals surface area (Å²) in [7, 11) is 0. The smallest absolute Gasteiger partial charge is 0.309 e. The monoisotopic (exact) mass is 248 g/mol. The van der Waals surface area contributed by atoms with Gasteiger partial charge in [-0.2, -0.15) is 0 Å². The number of esters is 1. The van der Waals surface area contributed by atoms with E-state index in [9.17, 15) is 9.59 Å². The van der Waals surface area contributed by atoms with E-state index in [1.165, 1.54) is 0 Å². The van der Waals surface area contributed by atoms with Gasteiger partial charge < -0.3 is 4.74 Å². The number of ether oxygens (including phenoxy) is 1. The molecule has 0 aromatic carbocycles. The van der Waals surface area contributed by atoms with Crippen molar-refractivity contribution in [1.29, 1.82) is 0 Å². The Labute approximate surface area is 108 Å². The van der Waals surface area contributed by atoms with Gasteiger partial charge in [-0.15, -0.1) is 0 Å². The Kier molecular flexibility index (Phi) is 2.45. The normalized spacial score (nSPS) is 50.7. The molecule has 0 N–H and O–H groups in total. The average Bonchev–Trinajstić information content (AvgIpc) is 2.75. The Hall–Kier alpha value is -1.12. The van der Waals surface area contributed by atoms with Crippen LogP contribution in [0.4, 0.5) is 0 Å². The van der Waals surface area contributed by atoms with E-state index in [-0.39, 0.29) is 35.6 Å². The summed E-state index contributed by atoms with van der Waals surface area (Å²) >= 11 is 0. The second kappa shape index (κ2) is 3.69. The molecule has 2 fully saturated rings. The highest BCUT2D eigenvalue weighted by Gasteiger charge is 2.60. The minimum absolute atomic E-state index is 0.0637. The second-order valence-corrected chi connectivity index (χ2v) is 6.40. The van der Waals surface area contributed by atoms with E-state index in [1.807, 2.05) is 19.9 Å². The maximum atomic E-state index is 12.3. The van der Waals surface area contributed by atoms with Crippen LogP contribution in [0.5, 0.6) is 0 Å². The molecule has 98 valence electrons. The third kappa shape index (κ3) is 1.30. The average molecular weight is 248 g/mol. The van der Waals surface area contributed by atoms with Gasteiger partial charge in [-0.3, -0.25) is 9.59 Å². The SMILES string of the molecule is C[C@@H]1CC[C@H]2[C@H](C)C(=O)O[C@@H]2[C@@]2(C)C(=O)C=C[C@H]12. The summed E-state index contributed by atoms with van der Waals surface area (Å²) < 4.78 is 5.59. The molecule has 1 saturated heterocycles. The summed E-state index contributed by atoms with van der Waals surface area (Å²) in [6, 6.07) is 0. The Bertz CT molecular complexity index is 439. The number of carbonyl (C=O) groups is 2. The highest BCUT2D eigenvalue weighted by molar-refractivity contribution is 5.98. The standard InChI is InChI=1S/C15H20O3/c1-8-4-5-10-9(2)14(17)18-13(10)15(3)11(8)6-7-12(15)16/h6-11,13H,4-5H2,1-3H3/t8-,9+,10+,11-,13+,15-/m1/s1. The summed E-state index contributed by atoms with van der Waals surface area (Å²) in [6.07, 6.45) is 5.57. The van der Waals surface area contributed by atoms with Crippen molar-refractivity contribution in [3.63, 3.8) is 0 Å². The van der Waals surface area contributed by atoms with Gasteiger partial charge in [-0.25, -0.2) is 0 Å². The number of carbonyl (C=O) groups excluding carboxylic acids is 2. The fourth-order valence-corrected chi connectivity index (χ4v) is 4.21. The number of hydrogen-bond acceptors (Lipinski definition) is 3. The lowest BCUT2D eigenvalue weighted by molar-refractivity contribution is -0.152. The van der Waals surface area contributed by atoms with Gasteiger partial charge in [0.1, 0.15) is 6.10 Å². The molecule has 0 radical (unpaired) electrons. The lowest BCUT2D eigenvalue weighted by atomic mass is 9.67. The lowest BCUT2D eigenvalue weighted by Gasteiger charge is -2.36. The van der Waals surface area contributed by atoms with E-state index in [1.54, 1.807) is 6.08 Å². The molecule has 1 aliphatic heterocycles. The molecule has 3 nitrogen and oxygen atoms in total. The molecule has 0 bridgehead atoms. The maximum absolute atomic E-state index is 12.3. The molecule has 3 aliphatic rings. The van der Waals surface area contributed by atoms with Crippen LogP contribution in [0.2, 0.25) is 0 Å². The van der Waals surface area contributed by atoms with Crippen molar-refractivity contribution in [2.45, 2.75) is 39.7 Å². The van der Waals surface area contributed by atoms with Gasteiger partial charge in [-0.1, -0.05) is 19.9 Å². The molecular weight excluding hydrogens is 228 g/mol. The molecule has 0 amide bonds. The zero-order chi connectivity index (χ0) is 13.1. The highest BCUT2D eigenvalue weighted by atomic mass is 16.6. The van der Waals surface area contributed by atoms with Crippen LogP contribution in [0, 0.1) is 29.1 Å². The molecular formula is C15H20O3. The van der Waals surface area contributed by atoms with Crippen molar-refractivity contribution >= 4 is 11.8 Å².